The largest absolute Gasteiger partial charge is 0.489 e. The number of amides is 1. The number of aromatic nitrogens is 4. The van der Waals surface area contributed by atoms with Gasteiger partial charge in [-0.05, 0) is 67.1 Å². The van der Waals surface area contributed by atoms with E-state index in [2.05, 4.69) is 21.7 Å². The van der Waals surface area contributed by atoms with Crippen LogP contribution in [0, 0.1) is 11.3 Å². The van der Waals surface area contributed by atoms with E-state index in [-0.39, 0.29) is 31.6 Å². The lowest BCUT2D eigenvalue weighted by atomic mass is 9.98. The number of methoxy groups -OCH3 is 1. The van der Waals surface area contributed by atoms with Crippen molar-refractivity contribution >= 4 is 46.0 Å². The van der Waals surface area contributed by atoms with Gasteiger partial charge in [-0.1, -0.05) is 59.6 Å². The van der Waals surface area contributed by atoms with Crippen LogP contribution in [0.2, 0.25) is 10.0 Å². The van der Waals surface area contributed by atoms with E-state index in [1.807, 2.05) is 53.2 Å². The Morgan fingerprint density at radius 3 is 2.63 bits per heavy atom. The number of nitrogens with one attached hydrogen (secondary N) is 2. The zero-order valence-electron chi connectivity index (χ0n) is 32.1. The average Bonchev–Trinajstić information content (AvgIpc) is 3.86. The Hall–Kier alpha value is -6.04. The van der Waals surface area contributed by atoms with E-state index >= 15 is 0 Å². The SMILES string of the molecule is COc1nc(-c2cccc(-c3cccc4c3cnn4Cc3cc(OCc4cncc(C#N)c4)c(CN[C@@H](CO)C(=O)O)cc3Cl)c2Cl)ccc1CCC[C@@H]1CCC(=O)N1. The predicted octanol–water partition coefficient (Wildman–Crippen LogP) is 7.11. The van der Waals surface area contributed by atoms with Gasteiger partial charge in [-0.2, -0.15) is 10.4 Å². The molecule has 0 aliphatic carbocycles. The molecule has 0 saturated carbocycles. The molecule has 6 aromatic rings. The first-order chi connectivity index (χ1) is 28.6. The zero-order valence-corrected chi connectivity index (χ0v) is 33.6. The molecule has 13 nitrogen and oxygen atoms in total. The molecular formula is C44H41Cl2N7O6. The first-order valence-corrected chi connectivity index (χ1v) is 19.8. The number of carbonyl (C=O) groups is 2. The normalized spacial score (nSPS) is 14.2. The number of aliphatic hydroxyl groups is 1. The van der Waals surface area contributed by atoms with Crippen molar-refractivity contribution < 1.29 is 29.3 Å². The fraction of sp³-hybridized carbons (Fsp3) is 0.273. The minimum atomic E-state index is -1.19. The van der Waals surface area contributed by atoms with Crippen LogP contribution in [0.4, 0.5) is 0 Å². The van der Waals surface area contributed by atoms with Crippen LogP contribution in [-0.4, -0.2) is 67.6 Å². The molecule has 4 heterocycles. The Morgan fingerprint density at radius 2 is 1.86 bits per heavy atom. The number of fused-ring (bicyclic) bond motifs is 1. The Bertz CT molecular complexity index is 2560. The van der Waals surface area contributed by atoms with E-state index in [4.69, 9.17) is 42.8 Å². The van der Waals surface area contributed by atoms with Crippen LogP contribution in [0.5, 0.6) is 11.6 Å². The number of carboxylic acids is 1. The minimum absolute atomic E-state index is 0.0476. The van der Waals surface area contributed by atoms with Gasteiger partial charge < -0.3 is 25.0 Å². The molecule has 1 fully saturated rings. The molecule has 3 aromatic carbocycles. The maximum absolute atomic E-state index is 11.6. The summed E-state index contributed by atoms with van der Waals surface area (Å²) in [5, 5.41) is 40.8. The number of carbonyl (C=O) groups excluding carboxylic acids is 1. The lowest BCUT2D eigenvalue weighted by Gasteiger charge is -2.18. The summed E-state index contributed by atoms with van der Waals surface area (Å²) in [6.07, 6.45) is 8.90. The van der Waals surface area contributed by atoms with Gasteiger partial charge in [-0.25, -0.2) is 4.98 Å². The van der Waals surface area contributed by atoms with Crippen molar-refractivity contribution in [3.8, 4) is 40.1 Å². The van der Waals surface area contributed by atoms with Crippen LogP contribution in [0.25, 0.3) is 33.3 Å². The van der Waals surface area contributed by atoms with Crippen molar-refractivity contribution in [1.82, 2.24) is 30.4 Å². The second-order valence-electron chi connectivity index (χ2n) is 14.3. The molecule has 3 aromatic heterocycles. The van der Waals surface area contributed by atoms with Crippen molar-refractivity contribution in [2.24, 2.45) is 0 Å². The number of rotatable bonds is 17. The summed E-state index contributed by atoms with van der Waals surface area (Å²) in [5.74, 6) is -0.102. The van der Waals surface area contributed by atoms with E-state index in [9.17, 15) is 25.1 Å². The molecule has 0 spiro atoms. The monoisotopic (exact) mass is 833 g/mol. The summed E-state index contributed by atoms with van der Waals surface area (Å²) < 4.78 is 13.8. The van der Waals surface area contributed by atoms with Crippen molar-refractivity contribution in [1.29, 1.82) is 5.26 Å². The highest BCUT2D eigenvalue weighted by Crippen LogP contribution is 2.40. The molecule has 0 radical (unpaired) electrons. The first-order valence-electron chi connectivity index (χ1n) is 19.1. The number of benzene rings is 3. The van der Waals surface area contributed by atoms with E-state index in [0.29, 0.717) is 56.0 Å². The summed E-state index contributed by atoms with van der Waals surface area (Å²) in [7, 11) is 1.61. The van der Waals surface area contributed by atoms with Crippen LogP contribution < -0.4 is 20.1 Å². The van der Waals surface area contributed by atoms with Crippen LogP contribution in [0.1, 0.15) is 53.5 Å². The van der Waals surface area contributed by atoms with Gasteiger partial charge in [0, 0.05) is 69.6 Å². The summed E-state index contributed by atoms with van der Waals surface area (Å²) in [4.78, 5) is 32.1. The maximum Gasteiger partial charge on any atom is 0.323 e. The third kappa shape index (κ3) is 9.48. The highest BCUT2D eigenvalue weighted by Gasteiger charge is 2.22. The first kappa shape index (κ1) is 41.1. The molecule has 0 bridgehead atoms. The molecular weight excluding hydrogens is 793 g/mol. The van der Waals surface area contributed by atoms with Crippen molar-refractivity contribution in [3.05, 3.63) is 123 Å². The number of pyridine rings is 2. The number of hydrogen-bond acceptors (Lipinski definition) is 10. The number of ether oxygens (including phenoxy) is 2. The zero-order chi connectivity index (χ0) is 41.5. The van der Waals surface area contributed by atoms with Gasteiger partial charge in [0.05, 0.1) is 48.3 Å². The lowest BCUT2D eigenvalue weighted by molar-refractivity contribution is -0.140. The fourth-order valence-electron chi connectivity index (χ4n) is 7.26. The van der Waals surface area contributed by atoms with Gasteiger partial charge in [0.1, 0.15) is 24.5 Å². The topological polar surface area (TPSA) is 185 Å². The van der Waals surface area contributed by atoms with Gasteiger partial charge >= 0.3 is 5.97 Å². The molecule has 1 saturated heterocycles. The van der Waals surface area contributed by atoms with Gasteiger partial charge in [0.15, 0.2) is 0 Å². The molecule has 7 rings (SSSR count). The highest BCUT2D eigenvalue weighted by molar-refractivity contribution is 6.36. The van der Waals surface area contributed by atoms with Gasteiger partial charge in [-0.15, -0.1) is 0 Å². The number of nitriles is 1. The van der Waals surface area contributed by atoms with E-state index in [0.717, 1.165) is 58.8 Å². The molecule has 15 heteroatoms. The fourth-order valence-corrected chi connectivity index (χ4v) is 7.84. The third-order valence-electron chi connectivity index (χ3n) is 10.4. The van der Waals surface area contributed by atoms with E-state index in [1.54, 1.807) is 37.7 Å². The Balaban J connectivity index is 1.14. The molecule has 1 aliphatic heterocycles. The quantitative estimate of drug-likeness (QED) is 0.0734. The van der Waals surface area contributed by atoms with E-state index < -0.39 is 18.6 Å². The Kier molecular flexibility index (Phi) is 13.0. The summed E-state index contributed by atoms with van der Waals surface area (Å²) in [6, 6.07) is 22.0. The lowest BCUT2D eigenvalue weighted by Crippen LogP contribution is -2.39. The molecule has 59 heavy (non-hydrogen) atoms. The highest BCUT2D eigenvalue weighted by atomic mass is 35.5. The van der Waals surface area contributed by atoms with Crippen LogP contribution >= 0.6 is 23.2 Å². The number of aryl methyl sites for hydroxylation is 1. The second-order valence-corrected chi connectivity index (χ2v) is 15.0. The van der Waals surface area contributed by atoms with Crippen molar-refractivity contribution in [2.45, 2.75) is 63.9 Å². The maximum atomic E-state index is 11.6. The number of nitrogens with zero attached hydrogens (tertiary/aromatic N) is 5. The van der Waals surface area contributed by atoms with Crippen LogP contribution in [0.15, 0.2) is 85.3 Å². The number of carboxylic acid groups (broad SMARTS) is 1. The molecule has 2 atom stereocenters. The average molecular weight is 835 g/mol. The molecule has 1 aliphatic rings. The van der Waals surface area contributed by atoms with Gasteiger partial charge in [0.25, 0.3) is 0 Å². The summed E-state index contributed by atoms with van der Waals surface area (Å²) in [5.41, 5.74) is 7.27. The minimum Gasteiger partial charge on any atom is -0.489 e. The summed E-state index contributed by atoms with van der Waals surface area (Å²) in [6.45, 7) is -0.195. The molecule has 0 unspecified atom stereocenters. The predicted molar refractivity (Wildman–Crippen MR) is 223 cm³/mol. The van der Waals surface area contributed by atoms with Gasteiger partial charge in [0.2, 0.25) is 11.8 Å². The number of aliphatic carboxylic acids is 1. The smallest absolute Gasteiger partial charge is 0.323 e. The van der Waals surface area contributed by atoms with Crippen molar-refractivity contribution in [3.63, 3.8) is 0 Å². The standard InChI is InChI=1S/C44H41Cl2N7O6/c1-58-43-28(5-2-6-31-12-14-41(55)51-31)11-13-37(52-43)34-9-3-8-33(42(34)46)32-7-4-10-39-35(32)22-50-53(39)23-30-17-40(59-25-27-15-26(18-47)19-48-20-27)29(16-36(30)45)21-49-38(24-54)44(56)57/h3-4,7-11,13,15-17,19-20,22,31,38,49,54H,2,5-6,12,14,21,23-25H2,1H3,(H,51,55)(H,56,57)/t31-,38+/m1/s1. The van der Waals surface area contributed by atoms with E-state index in [1.165, 1.54) is 6.20 Å². The molecule has 1 amide bonds. The number of hydrogen-bond donors (Lipinski definition) is 4. The van der Waals surface area contributed by atoms with Crippen LogP contribution in [0.3, 0.4) is 0 Å². The third-order valence-corrected chi connectivity index (χ3v) is 11.1. The number of halogens is 2. The Labute approximate surface area is 350 Å². The van der Waals surface area contributed by atoms with Crippen LogP contribution in [-0.2, 0) is 35.7 Å². The summed E-state index contributed by atoms with van der Waals surface area (Å²) >= 11 is 14.1. The molecule has 302 valence electrons. The van der Waals surface area contributed by atoms with Gasteiger partial charge in [-0.3, -0.25) is 24.6 Å². The number of aliphatic hydroxyl groups excluding tert-OH is 1. The second kappa shape index (κ2) is 18.7. The Morgan fingerprint density at radius 1 is 1.05 bits per heavy atom. The molecule has 4 N–H and O–H groups in total. The van der Waals surface area contributed by atoms with Crippen molar-refractivity contribution in [2.75, 3.05) is 13.7 Å².